The summed E-state index contributed by atoms with van der Waals surface area (Å²) >= 11 is 0. The highest BCUT2D eigenvalue weighted by Crippen LogP contribution is 2.14. The van der Waals surface area contributed by atoms with Crippen molar-refractivity contribution >= 4 is 5.91 Å². The molecular weight excluding hydrogens is 264 g/mol. The molecule has 1 aliphatic heterocycles. The molecule has 4 heteroatoms. The monoisotopic (exact) mass is 286 g/mol. The number of carbonyl (C=O) groups excluding carboxylic acids is 1. The van der Waals surface area contributed by atoms with Gasteiger partial charge in [0.1, 0.15) is 6.61 Å². The van der Waals surface area contributed by atoms with Crippen LogP contribution in [0.1, 0.15) is 30.9 Å². The number of nitrogens with zero attached hydrogens (tertiary/aromatic N) is 1. The van der Waals surface area contributed by atoms with Crippen molar-refractivity contribution in [2.24, 2.45) is 0 Å². The molecule has 1 fully saturated rings. The summed E-state index contributed by atoms with van der Waals surface area (Å²) in [4.78, 5) is 13.5. The minimum atomic E-state index is -0.110. The average molecular weight is 286 g/mol. The Morgan fingerprint density at radius 3 is 2.86 bits per heavy atom. The summed E-state index contributed by atoms with van der Waals surface area (Å²) < 4.78 is 0. The first-order valence-corrected chi connectivity index (χ1v) is 7.35. The predicted octanol–water partition coefficient (Wildman–Crippen LogP) is 1.13. The van der Waals surface area contributed by atoms with Crippen LogP contribution < -0.4 is 5.32 Å². The van der Waals surface area contributed by atoms with E-state index < -0.39 is 0 Å². The summed E-state index contributed by atoms with van der Waals surface area (Å²) in [5.74, 6) is 5.66. The Morgan fingerprint density at radius 2 is 2.19 bits per heavy atom. The van der Waals surface area contributed by atoms with Gasteiger partial charge < -0.3 is 10.4 Å². The van der Waals surface area contributed by atoms with Crippen molar-refractivity contribution in [3.8, 4) is 11.8 Å². The molecule has 0 radical (unpaired) electrons. The van der Waals surface area contributed by atoms with Crippen molar-refractivity contribution in [3.05, 3.63) is 35.4 Å². The lowest BCUT2D eigenvalue weighted by atomic mass is 10.0. The van der Waals surface area contributed by atoms with Gasteiger partial charge >= 0.3 is 0 Å². The second kappa shape index (κ2) is 7.82. The lowest BCUT2D eigenvalue weighted by molar-refractivity contribution is -0.119. The van der Waals surface area contributed by atoms with E-state index in [-0.39, 0.29) is 12.5 Å². The van der Waals surface area contributed by atoms with Gasteiger partial charge in [0.25, 0.3) is 0 Å². The van der Waals surface area contributed by atoms with E-state index in [4.69, 9.17) is 5.11 Å². The molecule has 21 heavy (non-hydrogen) atoms. The summed E-state index contributed by atoms with van der Waals surface area (Å²) in [7, 11) is 0. The molecular formula is C17H22N2O2. The van der Waals surface area contributed by atoms with Crippen molar-refractivity contribution in [3.63, 3.8) is 0 Å². The van der Waals surface area contributed by atoms with Gasteiger partial charge in [0, 0.05) is 38.2 Å². The molecule has 1 saturated heterocycles. The first kappa shape index (κ1) is 15.6. The van der Waals surface area contributed by atoms with Gasteiger partial charge in [0.05, 0.1) is 0 Å². The first-order valence-electron chi connectivity index (χ1n) is 7.35. The third kappa shape index (κ3) is 5.22. The van der Waals surface area contributed by atoms with Crippen LogP contribution >= 0.6 is 0 Å². The Morgan fingerprint density at radius 1 is 1.43 bits per heavy atom. The van der Waals surface area contributed by atoms with E-state index >= 15 is 0 Å². The van der Waals surface area contributed by atoms with E-state index in [1.54, 1.807) is 6.92 Å². The molecule has 0 spiro atoms. The van der Waals surface area contributed by atoms with E-state index in [1.165, 1.54) is 5.56 Å². The molecule has 0 aromatic heterocycles. The number of nitrogens with one attached hydrogen (secondary N) is 1. The fraction of sp³-hybridized carbons (Fsp3) is 0.471. The van der Waals surface area contributed by atoms with Crippen molar-refractivity contribution < 1.29 is 9.90 Å². The van der Waals surface area contributed by atoms with Crippen molar-refractivity contribution in [1.29, 1.82) is 0 Å². The molecule has 0 bridgehead atoms. The fourth-order valence-corrected chi connectivity index (χ4v) is 2.67. The Balaban J connectivity index is 1.87. The van der Waals surface area contributed by atoms with Crippen LogP contribution in [0, 0.1) is 11.8 Å². The number of amides is 1. The number of aliphatic hydroxyl groups is 1. The largest absolute Gasteiger partial charge is 0.384 e. The van der Waals surface area contributed by atoms with Crippen LogP contribution in [0.2, 0.25) is 0 Å². The normalized spacial score (nSPS) is 16.1. The first-order chi connectivity index (χ1) is 10.2. The van der Waals surface area contributed by atoms with E-state index in [0.29, 0.717) is 6.04 Å². The average Bonchev–Trinajstić information content (AvgIpc) is 2.47. The number of hydrogen-bond donors (Lipinski definition) is 2. The molecule has 1 heterocycles. The van der Waals surface area contributed by atoms with E-state index in [1.807, 2.05) is 12.1 Å². The third-order valence-electron chi connectivity index (χ3n) is 3.64. The summed E-state index contributed by atoms with van der Waals surface area (Å²) in [6.07, 6.45) is 2.01. The summed E-state index contributed by atoms with van der Waals surface area (Å²) in [5, 5.41) is 11.7. The van der Waals surface area contributed by atoms with Crippen molar-refractivity contribution in [2.45, 2.75) is 32.4 Å². The maximum Gasteiger partial charge on any atom is 0.217 e. The Labute approximate surface area is 126 Å². The van der Waals surface area contributed by atoms with Gasteiger partial charge in [-0.2, -0.15) is 0 Å². The molecule has 2 N–H and O–H groups in total. The quantitative estimate of drug-likeness (QED) is 0.819. The van der Waals surface area contributed by atoms with Crippen LogP contribution in [0.25, 0.3) is 0 Å². The maximum absolute atomic E-state index is 11.1. The van der Waals surface area contributed by atoms with Crippen LogP contribution in [-0.4, -0.2) is 41.7 Å². The van der Waals surface area contributed by atoms with Gasteiger partial charge in [-0.3, -0.25) is 9.69 Å². The standard InChI is InChI=1S/C17H22N2O2/c1-14(21)18-17-7-9-19(10-8-17)13-16-5-2-4-15(12-16)6-3-11-20/h2,4-5,12,17,20H,7-11,13H2,1H3,(H,18,21). The topological polar surface area (TPSA) is 52.6 Å². The molecule has 1 aliphatic rings. The number of likely N-dealkylation sites (tertiary alicyclic amines) is 1. The highest BCUT2D eigenvalue weighted by atomic mass is 16.2. The third-order valence-corrected chi connectivity index (χ3v) is 3.64. The molecule has 1 aromatic rings. The van der Waals surface area contributed by atoms with Crippen molar-refractivity contribution in [1.82, 2.24) is 10.2 Å². The number of benzene rings is 1. The maximum atomic E-state index is 11.1. The van der Waals surface area contributed by atoms with Crippen LogP contribution in [0.5, 0.6) is 0 Å². The highest BCUT2D eigenvalue weighted by Gasteiger charge is 2.19. The zero-order valence-electron chi connectivity index (χ0n) is 12.4. The summed E-state index contributed by atoms with van der Waals surface area (Å²) in [6, 6.07) is 8.45. The Hall–Kier alpha value is -1.83. The van der Waals surface area contributed by atoms with E-state index in [2.05, 4.69) is 34.2 Å². The highest BCUT2D eigenvalue weighted by molar-refractivity contribution is 5.73. The van der Waals surface area contributed by atoms with Gasteiger partial charge in [0.2, 0.25) is 5.91 Å². The van der Waals surface area contributed by atoms with Crippen LogP contribution in [0.3, 0.4) is 0 Å². The predicted molar refractivity (Wildman–Crippen MR) is 82.5 cm³/mol. The number of hydrogen-bond acceptors (Lipinski definition) is 3. The van der Waals surface area contributed by atoms with E-state index in [0.717, 1.165) is 38.0 Å². The second-order valence-corrected chi connectivity index (χ2v) is 5.41. The van der Waals surface area contributed by atoms with Crippen LogP contribution in [-0.2, 0) is 11.3 Å². The van der Waals surface area contributed by atoms with Crippen molar-refractivity contribution in [2.75, 3.05) is 19.7 Å². The number of rotatable bonds is 3. The molecule has 4 nitrogen and oxygen atoms in total. The molecule has 0 atom stereocenters. The smallest absolute Gasteiger partial charge is 0.217 e. The Bertz CT molecular complexity index is 537. The molecule has 0 aliphatic carbocycles. The lowest BCUT2D eigenvalue weighted by Crippen LogP contribution is -2.43. The summed E-state index contributed by atoms with van der Waals surface area (Å²) in [5.41, 5.74) is 2.17. The Kier molecular flexibility index (Phi) is 5.79. The van der Waals surface area contributed by atoms with Gasteiger partial charge in [-0.05, 0) is 30.5 Å². The van der Waals surface area contributed by atoms with Crippen LogP contribution in [0.15, 0.2) is 24.3 Å². The molecule has 1 aromatic carbocycles. The SMILES string of the molecule is CC(=O)NC1CCN(Cc2cccc(C#CCO)c2)CC1. The van der Waals surface area contributed by atoms with Gasteiger partial charge in [-0.15, -0.1) is 0 Å². The van der Waals surface area contributed by atoms with Gasteiger partial charge in [-0.1, -0.05) is 24.0 Å². The number of aliphatic hydroxyl groups excluding tert-OH is 1. The lowest BCUT2D eigenvalue weighted by Gasteiger charge is -2.32. The minimum Gasteiger partial charge on any atom is -0.384 e. The van der Waals surface area contributed by atoms with E-state index in [9.17, 15) is 4.79 Å². The number of carbonyl (C=O) groups is 1. The summed E-state index contributed by atoms with van der Waals surface area (Å²) in [6.45, 7) is 4.36. The van der Waals surface area contributed by atoms with Gasteiger partial charge in [-0.25, -0.2) is 0 Å². The molecule has 1 amide bonds. The zero-order chi connectivity index (χ0) is 15.1. The molecule has 112 valence electrons. The number of piperidine rings is 1. The zero-order valence-corrected chi connectivity index (χ0v) is 12.4. The molecule has 0 saturated carbocycles. The fourth-order valence-electron chi connectivity index (χ4n) is 2.67. The van der Waals surface area contributed by atoms with Crippen LogP contribution in [0.4, 0.5) is 0 Å². The molecule has 2 rings (SSSR count). The molecule has 0 unspecified atom stereocenters. The second-order valence-electron chi connectivity index (χ2n) is 5.41. The van der Waals surface area contributed by atoms with Gasteiger partial charge in [0.15, 0.2) is 0 Å². The minimum absolute atomic E-state index is 0.0589.